The molecule has 2 rings (SSSR count). The van der Waals surface area contributed by atoms with E-state index in [4.69, 9.17) is 10.5 Å². The first-order chi connectivity index (χ1) is 11.8. The second-order valence-electron chi connectivity index (χ2n) is 5.20. The number of hydrogen-bond acceptors (Lipinski definition) is 5. The van der Waals surface area contributed by atoms with Crippen molar-refractivity contribution in [3.8, 4) is 12.1 Å². The highest BCUT2D eigenvalue weighted by Gasteiger charge is 2.18. The Hall–Kier alpha value is -3.23. The lowest BCUT2D eigenvalue weighted by molar-refractivity contribution is -0.113. The summed E-state index contributed by atoms with van der Waals surface area (Å²) in [7, 11) is -3.73. The van der Waals surface area contributed by atoms with E-state index >= 15 is 0 Å². The number of nitrogens with zero attached hydrogens (tertiary/aromatic N) is 2. The molecule has 0 fully saturated rings. The smallest absolute Gasteiger partial charge is 0.239 e. The van der Waals surface area contributed by atoms with Gasteiger partial charge in [-0.2, -0.15) is 10.5 Å². The second-order valence-corrected chi connectivity index (χ2v) is 7.26. The molecule has 0 aliphatic carbocycles. The molecule has 0 aliphatic rings. The fraction of sp³-hybridized carbons (Fsp3) is 0.118. The molecule has 2 aromatic carbocycles. The summed E-state index contributed by atoms with van der Waals surface area (Å²) in [5.74, 6) is -2.62. The molecular formula is C17H12FN3O3S. The van der Waals surface area contributed by atoms with Crippen LogP contribution in [0, 0.1) is 28.5 Å². The number of nitriles is 2. The van der Waals surface area contributed by atoms with E-state index in [9.17, 15) is 17.6 Å². The first kappa shape index (κ1) is 18.1. The van der Waals surface area contributed by atoms with Gasteiger partial charge in [0.1, 0.15) is 17.6 Å². The van der Waals surface area contributed by atoms with Gasteiger partial charge in [-0.1, -0.05) is 12.1 Å². The van der Waals surface area contributed by atoms with Gasteiger partial charge in [0.2, 0.25) is 5.91 Å². The average Bonchev–Trinajstić information content (AvgIpc) is 2.56. The number of amides is 1. The minimum atomic E-state index is -3.73. The van der Waals surface area contributed by atoms with E-state index in [1.165, 1.54) is 30.3 Å². The molecule has 0 bridgehead atoms. The Balaban J connectivity index is 2.03. The summed E-state index contributed by atoms with van der Waals surface area (Å²) < 4.78 is 37.4. The Labute approximate surface area is 144 Å². The number of rotatable bonds is 5. The molecule has 0 atom stereocenters. The van der Waals surface area contributed by atoms with Crippen molar-refractivity contribution >= 4 is 21.4 Å². The highest BCUT2D eigenvalue weighted by Crippen LogP contribution is 2.14. The number of halogens is 1. The molecule has 0 saturated heterocycles. The zero-order valence-corrected chi connectivity index (χ0v) is 13.7. The van der Waals surface area contributed by atoms with E-state index in [0.717, 1.165) is 12.1 Å². The zero-order valence-electron chi connectivity index (χ0n) is 12.9. The number of nitrogens with one attached hydrogen (secondary N) is 1. The van der Waals surface area contributed by atoms with E-state index in [-0.39, 0.29) is 17.0 Å². The lowest BCUT2D eigenvalue weighted by Crippen LogP contribution is -2.24. The lowest BCUT2D eigenvalue weighted by Gasteiger charge is -2.07. The molecular weight excluding hydrogens is 345 g/mol. The highest BCUT2D eigenvalue weighted by atomic mass is 32.2. The van der Waals surface area contributed by atoms with Crippen molar-refractivity contribution in [3.63, 3.8) is 0 Å². The molecule has 0 spiro atoms. The van der Waals surface area contributed by atoms with Gasteiger partial charge in [-0.25, -0.2) is 12.8 Å². The summed E-state index contributed by atoms with van der Waals surface area (Å²) in [5.41, 5.74) is 0.749. The Bertz CT molecular complexity index is 987. The van der Waals surface area contributed by atoms with Gasteiger partial charge in [0, 0.05) is 5.69 Å². The van der Waals surface area contributed by atoms with Crippen molar-refractivity contribution in [1.82, 2.24) is 0 Å². The molecule has 0 aromatic heterocycles. The fourth-order valence-electron chi connectivity index (χ4n) is 2.07. The minimum Gasteiger partial charge on any atom is -0.325 e. The highest BCUT2D eigenvalue weighted by molar-refractivity contribution is 7.91. The average molecular weight is 357 g/mol. The molecule has 1 amide bonds. The van der Waals surface area contributed by atoms with Crippen LogP contribution in [-0.2, 0) is 20.4 Å². The van der Waals surface area contributed by atoms with Crippen LogP contribution in [-0.4, -0.2) is 20.1 Å². The van der Waals surface area contributed by atoms with Crippen molar-refractivity contribution in [2.24, 2.45) is 0 Å². The minimum absolute atomic E-state index is 0.136. The van der Waals surface area contributed by atoms with Gasteiger partial charge < -0.3 is 5.32 Å². The zero-order chi connectivity index (χ0) is 18.4. The summed E-state index contributed by atoms with van der Waals surface area (Å²) >= 11 is 0. The van der Waals surface area contributed by atoms with Gasteiger partial charge >= 0.3 is 0 Å². The SMILES string of the molecule is N#Cc1ccc(CS(=O)(=O)CC(=O)Nc2ccc(F)c(C#N)c2)cc1. The Kier molecular flexibility index (Phi) is 5.48. The van der Waals surface area contributed by atoms with Crippen molar-refractivity contribution in [1.29, 1.82) is 10.5 Å². The van der Waals surface area contributed by atoms with Gasteiger partial charge in [0.25, 0.3) is 0 Å². The van der Waals surface area contributed by atoms with Crippen LogP contribution in [0.5, 0.6) is 0 Å². The topological polar surface area (TPSA) is 111 Å². The molecule has 2 aromatic rings. The molecule has 6 nitrogen and oxygen atoms in total. The fourth-order valence-corrected chi connectivity index (χ4v) is 3.34. The summed E-state index contributed by atoms with van der Waals surface area (Å²) in [6.45, 7) is 0. The molecule has 0 unspecified atom stereocenters. The van der Waals surface area contributed by atoms with Crippen LogP contribution in [0.15, 0.2) is 42.5 Å². The van der Waals surface area contributed by atoms with Gasteiger partial charge in [0.05, 0.1) is 22.9 Å². The number of carbonyl (C=O) groups excluding carboxylic acids is 1. The van der Waals surface area contributed by atoms with Crippen LogP contribution in [0.3, 0.4) is 0 Å². The predicted octanol–water partition coefficient (Wildman–Crippen LogP) is 2.12. The molecule has 8 heteroatoms. The number of anilines is 1. The van der Waals surface area contributed by atoms with Crippen LogP contribution in [0.2, 0.25) is 0 Å². The molecule has 0 aliphatic heterocycles. The molecule has 1 N–H and O–H groups in total. The maximum Gasteiger partial charge on any atom is 0.239 e. The third-order valence-corrected chi connectivity index (χ3v) is 4.67. The number of sulfone groups is 1. The maximum atomic E-state index is 13.2. The van der Waals surface area contributed by atoms with Gasteiger partial charge in [-0.3, -0.25) is 4.79 Å². The van der Waals surface area contributed by atoms with E-state index < -0.39 is 27.3 Å². The van der Waals surface area contributed by atoms with Crippen LogP contribution in [0.4, 0.5) is 10.1 Å². The van der Waals surface area contributed by atoms with Crippen molar-refractivity contribution in [2.45, 2.75) is 5.75 Å². The molecule has 0 heterocycles. The Morgan fingerprint density at radius 1 is 1.08 bits per heavy atom. The second kappa shape index (κ2) is 7.56. The third kappa shape index (κ3) is 5.13. The molecule has 126 valence electrons. The van der Waals surface area contributed by atoms with Crippen LogP contribution in [0.25, 0.3) is 0 Å². The van der Waals surface area contributed by atoms with Gasteiger partial charge in [-0.15, -0.1) is 0 Å². The summed E-state index contributed by atoms with van der Waals surface area (Å²) in [5, 5.41) is 19.8. The third-order valence-electron chi connectivity index (χ3n) is 3.19. The molecule has 0 saturated carbocycles. The predicted molar refractivity (Wildman–Crippen MR) is 88.4 cm³/mol. The molecule has 0 radical (unpaired) electrons. The maximum absolute atomic E-state index is 13.2. The first-order valence-electron chi connectivity index (χ1n) is 7.02. The monoisotopic (exact) mass is 357 g/mol. The standard InChI is InChI=1S/C17H12FN3O3S/c18-16-6-5-15(7-14(16)9-20)21-17(22)11-25(23,24)10-13-3-1-12(8-19)2-4-13/h1-7H,10-11H2,(H,21,22). The number of benzene rings is 2. The van der Waals surface area contributed by atoms with Crippen LogP contribution in [0.1, 0.15) is 16.7 Å². The first-order valence-corrected chi connectivity index (χ1v) is 8.84. The van der Waals surface area contributed by atoms with Crippen molar-refractivity contribution < 1.29 is 17.6 Å². The normalized spacial score (nSPS) is 10.5. The summed E-state index contributed by atoms with van der Waals surface area (Å²) in [4.78, 5) is 11.9. The number of carbonyl (C=O) groups is 1. The Morgan fingerprint density at radius 3 is 2.36 bits per heavy atom. The van der Waals surface area contributed by atoms with Crippen molar-refractivity contribution in [2.75, 3.05) is 11.1 Å². The van der Waals surface area contributed by atoms with E-state index in [2.05, 4.69) is 5.32 Å². The quantitative estimate of drug-likeness (QED) is 0.881. The van der Waals surface area contributed by atoms with E-state index in [1.807, 2.05) is 6.07 Å². The lowest BCUT2D eigenvalue weighted by atomic mass is 10.2. The summed E-state index contributed by atoms with van der Waals surface area (Å²) in [6.07, 6.45) is 0. The summed E-state index contributed by atoms with van der Waals surface area (Å²) in [6, 6.07) is 12.9. The van der Waals surface area contributed by atoms with Gasteiger partial charge in [0.15, 0.2) is 9.84 Å². The largest absolute Gasteiger partial charge is 0.325 e. The number of hydrogen-bond donors (Lipinski definition) is 1. The molecule has 25 heavy (non-hydrogen) atoms. The van der Waals surface area contributed by atoms with Crippen molar-refractivity contribution in [3.05, 3.63) is 65.0 Å². The van der Waals surface area contributed by atoms with Crippen LogP contribution < -0.4 is 5.32 Å². The van der Waals surface area contributed by atoms with Crippen LogP contribution >= 0.6 is 0 Å². The Morgan fingerprint density at radius 2 is 1.76 bits per heavy atom. The van der Waals surface area contributed by atoms with Gasteiger partial charge in [-0.05, 0) is 35.9 Å². The van der Waals surface area contributed by atoms with E-state index in [1.54, 1.807) is 6.07 Å². The van der Waals surface area contributed by atoms with E-state index in [0.29, 0.717) is 11.1 Å².